The van der Waals surface area contributed by atoms with Crippen molar-refractivity contribution in [3.63, 3.8) is 0 Å². The highest BCUT2D eigenvalue weighted by atomic mass is 32.2. The van der Waals surface area contributed by atoms with Crippen molar-refractivity contribution in [2.24, 2.45) is 11.8 Å². The molecule has 0 aromatic heterocycles. The van der Waals surface area contributed by atoms with E-state index in [1.807, 2.05) is 0 Å². The van der Waals surface area contributed by atoms with Crippen LogP contribution in [0.2, 0.25) is 0 Å². The molecule has 1 amide bonds. The van der Waals surface area contributed by atoms with Crippen molar-refractivity contribution in [3.8, 4) is 0 Å². The molecule has 0 aromatic carbocycles. The molecule has 2 heterocycles. The molecule has 0 saturated carbocycles. The molecule has 0 radical (unpaired) electrons. The number of hydrogen-bond donors (Lipinski definition) is 1. The van der Waals surface area contributed by atoms with Crippen molar-refractivity contribution in [1.82, 2.24) is 9.21 Å². The van der Waals surface area contributed by atoms with Crippen molar-refractivity contribution < 1.29 is 23.1 Å². The summed E-state index contributed by atoms with van der Waals surface area (Å²) in [6, 6.07) is 0. The fourth-order valence-corrected chi connectivity index (χ4v) is 4.40. The summed E-state index contributed by atoms with van der Waals surface area (Å²) in [6.07, 6.45) is 2.63. The van der Waals surface area contributed by atoms with E-state index >= 15 is 0 Å². The van der Waals surface area contributed by atoms with E-state index in [0.29, 0.717) is 38.8 Å². The third-order valence-corrected chi connectivity index (χ3v) is 6.42. The molecule has 2 atom stereocenters. The minimum atomic E-state index is -3.27. The summed E-state index contributed by atoms with van der Waals surface area (Å²) in [6.45, 7) is 3.11. The van der Waals surface area contributed by atoms with Crippen molar-refractivity contribution in [2.75, 3.05) is 31.9 Å². The zero-order chi connectivity index (χ0) is 16.3. The van der Waals surface area contributed by atoms with Gasteiger partial charge in [-0.3, -0.25) is 9.59 Å². The molecule has 1 N–H and O–H groups in total. The quantitative estimate of drug-likeness (QED) is 0.802. The minimum Gasteiger partial charge on any atom is -0.481 e. The fraction of sp³-hybridized carbons (Fsp3) is 0.857. The monoisotopic (exact) mass is 332 g/mol. The van der Waals surface area contributed by atoms with Gasteiger partial charge in [0.05, 0.1) is 17.6 Å². The number of hydrogen-bond acceptors (Lipinski definition) is 4. The minimum absolute atomic E-state index is 0.0404. The van der Waals surface area contributed by atoms with E-state index in [0.717, 1.165) is 0 Å². The second-order valence-corrected chi connectivity index (χ2v) is 8.32. The second-order valence-electron chi connectivity index (χ2n) is 6.06. The molecule has 126 valence electrons. The maximum Gasteiger partial charge on any atom is 0.308 e. The first-order valence-electron chi connectivity index (χ1n) is 7.84. The van der Waals surface area contributed by atoms with Gasteiger partial charge in [-0.25, -0.2) is 12.7 Å². The number of nitrogens with zero attached hydrogens (tertiary/aromatic N) is 2. The van der Waals surface area contributed by atoms with Crippen molar-refractivity contribution in [2.45, 2.75) is 32.6 Å². The zero-order valence-electron chi connectivity index (χ0n) is 12.9. The Balaban J connectivity index is 2.01. The first-order chi connectivity index (χ1) is 10.3. The molecule has 7 nitrogen and oxygen atoms in total. The lowest BCUT2D eigenvalue weighted by Gasteiger charge is -2.37. The molecule has 8 heteroatoms. The maximum absolute atomic E-state index is 12.6. The number of carboxylic acid groups (broad SMARTS) is 1. The van der Waals surface area contributed by atoms with Gasteiger partial charge in [-0.1, -0.05) is 0 Å². The molecule has 22 heavy (non-hydrogen) atoms. The van der Waals surface area contributed by atoms with Crippen molar-refractivity contribution in [1.29, 1.82) is 0 Å². The van der Waals surface area contributed by atoms with E-state index in [1.165, 1.54) is 4.31 Å². The summed E-state index contributed by atoms with van der Waals surface area (Å²) in [5.41, 5.74) is 0. The summed E-state index contributed by atoms with van der Waals surface area (Å²) < 4.78 is 25.3. The second kappa shape index (κ2) is 6.95. The first-order valence-corrected chi connectivity index (χ1v) is 9.45. The number of amides is 1. The van der Waals surface area contributed by atoms with Crippen LogP contribution in [0.25, 0.3) is 0 Å². The van der Waals surface area contributed by atoms with Crippen molar-refractivity contribution in [3.05, 3.63) is 0 Å². The highest BCUT2D eigenvalue weighted by Crippen LogP contribution is 2.24. The summed E-state index contributed by atoms with van der Waals surface area (Å²) in [5.74, 6) is -1.77. The van der Waals surface area contributed by atoms with Crippen LogP contribution in [0.1, 0.15) is 32.6 Å². The molecular weight excluding hydrogens is 308 g/mol. The molecule has 0 bridgehead atoms. The number of sulfonamides is 1. The van der Waals surface area contributed by atoms with Gasteiger partial charge in [0.2, 0.25) is 15.9 Å². The van der Waals surface area contributed by atoms with Gasteiger partial charge < -0.3 is 10.0 Å². The van der Waals surface area contributed by atoms with Crippen LogP contribution >= 0.6 is 0 Å². The molecule has 2 rings (SSSR count). The normalized spacial score (nSPS) is 27.6. The van der Waals surface area contributed by atoms with E-state index in [-0.39, 0.29) is 30.7 Å². The Hall–Kier alpha value is -1.15. The Bertz CT molecular complexity index is 533. The smallest absolute Gasteiger partial charge is 0.308 e. The third-order valence-electron chi connectivity index (χ3n) is 4.57. The van der Waals surface area contributed by atoms with Gasteiger partial charge in [0.1, 0.15) is 0 Å². The standard InChI is InChI=1S/C14H24N2O5S/c1-2-22(20,21)16-8-4-5-11(10-16)13(17)15-7-3-6-12(9-15)14(18)19/h11-12H,2-10H2,1H3,(H,18,19)/t11?,12-/m0/s1. The number of likely N-dealkylation sites (tertiary alicyclic amines) is 1. The molecule has 0 aromatic rings. The molecule has 1 unspecified atom stereocenters. The summed E-state index contributed by atoms with van der Waals surface area (Å²) >= 11 is 0. The van der Waals surface area contributed by atoms with E-state index in [9.17, 15) is 18.0 Å². The van der Waals surface area contributed by atoms with Gasteiger partial charge in [-0.15, -0.1) is 0 Å². The lowest BCUT2D eigenvalue weighted by Crippen LogP contribution is -2.50. The Labute approximate surface area is 131 Å². The largest absolute Gasteiger partial charge is 0.481 e. The molecular formula is C14H24N2O5S. The van der Waals surface area contributed by atoms with Crippen LogP contribution in [-0.4, -0.2) is 66.5 Å². The number of carboxylic acids is 1. The van der Waals surface area contributed by atoms with Crippen molar-refractivity contribution >= 4 is 21.9 Å². The number of carbonyl (C=O) groups is 2. The van der Waals surface area contributed by atoms with Gasteiger partial charge >= 0.3 is 5.97 Å². The van der Waals surface area contributed by atoms with Crippen LogP contribution in [0.4, 0.5) is 0 Å². The maximum atomic E-state index is 12.6. The molecule has 0 aliphatic carbocycles. The Morgan fingerprint density at radius 2 is 1.73 bits per heavy atom. The lowest BCUT2D eigenvalue weighted by molar-refractivity contribution is -0.147. The summed E-state index contributed by atoms with van der Waals surface area (Å²) in [7, 11) is -3.27. The first kappa shape index (κ1) is 17.2. The highest BCUT2D eigenvalue weighted by molar-refractivity contribution is 7.89. The number of aliphatic carboxylic acids is 1. The average molecular weight is 332 g/mol. The Morgan fingerprint density at radius 1 is 1.09 bits per heavy atom. The molecule has 2 fully saturated rings. The van der Waals surface area contributed by atoms with Gasteiger partial charge in [0.15, 0.2) is 0 Å². The Morgan fingerprint density at radius 3 is 2.36 bits per heavy atom. The molecule has 2 saturated heterocycles. The van der Waals surface area contributed by atoms with E-state index in [2.05, 4.69) is 0 Å². The average Bonchev–Trinajstić information content (AvgIpc) is 2.54. The predicted octanol–water partition coefficient (Wildman–Crippen LogP) is 0.371. The van der Waals surface area contributed by atoms with Crippen LogP contribution < -0.4 is 0 Å². The summed E-state index contributed by atoms with van der Waals surface area (Å²) in [4.78, 5) is 25.3. The highest BCUT2D eigenvalue weighted by Gasteiger charge is 2.36. The Kier molecular flexibility index (Phi) is 5.44. The predicted molar refractivity (Wildman–Crippen MR) is 80.7 cm³/mol. The van der Waals surface area contributed by atoms with Crippen LogP contribution in [0.5, 0.6) is 0 Å². The third kappa shape index (κ3) is 3.78. The number of rotatable bonds is 4. The van der Waals surface area contributed by atoms with E-state index < -0.39 is 21.9 Å². The van der Waals surface area contributed by atoms with Gasteiger partial charge in [0, 0.05) is 26.2 Å². The molecule has 2 aliphatic heterocycles. The zero-order valence-corrected chi connectivity index (χ0v) is 13.7. The SMILES string of the molecule is CCS(=O)(=O)N1CCCC(C(=O)N2CCC[C@H](C(=O)O)C2)C1. The molecule has 0 spiro atoms. The number of carbonyl (C=O) groups excluding carboxylic acids is 1. The van der Waals surface area contributed by atoms with E-state index in [1.54, 1.807) is 11.8 Å². The van der Waals surface area contributed by atoms with Crippen LogP contribution in [0, 0.1) is 11.8 Å². The van der Waals surface area contributed by atoms with Crippen LogP contribution in [0.15, 0.2) is 0 Å². The summed E-state index contributed by atoms with van der Waals surface area (Å²) in [5, 5.41) is 9.10. The fourth-order valence-electron chi connectivity index (χ4n) is 3.22. The van der Waals surface area contributed by atoms with Crippen LogP contribution in [-0.2, 0) is 19.6 Å². The van der Waals surface area contributed by atoms with Crippen LogP contribution in [0.3, 0.4) is 0 Å². The van der Waals surface area contributed by atoms with Gasteiger partial charge in [-0.05, 0) is 32.6 Å². The lowest BCUT2D eigenvalue weighted by atomic mass is 9.94. The topological polar surface area (TPSA) is 95.0 Å². The number of piperidine rings is 2. The van der Waals surface area contributed by atoms with Gasteiger partial charge in [0.25, 0.3) is 0 Å². The molecule has 2 aliphatic rings. The van der Waals surface area contributed by atoms with Gasteiger partial charge in [-0.2, -0.15) is 0 Å². The van der Waals surface area contributed by atoms with E-state index in [4.69, 9.17) is 5.11 Å².